The van der Waals surface area contributed by atoms with E-state index in [0.717, 1.165) is 28.0 Å². The van der Waals surface area contributed by atoms with Crippen LogP contribution >= 0.6 is 11.8 Å². The minimum atomic E-state index is -0.162. The Morgan fingerprint density at radius 1 is 1.23 bits per heavy atom. The predicted molar refractivity (Wildman–Crippen MR) is 88.0 cm³/mol. The molecule has 0 fully saturated rings. The summed E-state index contributed by atoms with van der Waals surface area (Å²) >= 11 is 1.53. The van der Waals surface area contributed by atoms with E-state index >= 15 is 0 Å². The molecule has 0 spiro atoms. The summed E-state index contributed by atoms with van der Waals surface area (Å²) < 4.78 is 7.06. The van der Waals surface area contributed by atoms with Crippen molar-refractivity contribution in [2.24, 2.45) is 11.7 Å². The Kier molecular flexibility index (Phi) is 4.08. The van der Waals surface area contributed by atoms with Crippen LogP contribution in [-0.4, -0.2) is 22.0 Å². The Bertz CT molecular complexity index is 692. The summed E-state index contributed by atoms with van der Waals surface area (Å²) in [5.41, 5.74) is 11.6. The molecule has 1 aromatic heterocycles. The van der Waals surface area contributed by atoms with Crippen molar-refractivity contribution in [1.82, 2.24) is 14.9 Å². The van der Waals surface area contributed by atoms with Gasteiger partial charge in [-0.3, -0.25) is 5.43 Å². The minimum Gasteiger partial charge on any atom is -0.497 e. The Morgan fingerprint density at radius 2 is 1.95 bits per heavy atom. The lowest BCUT2D eigenvalue weighted by molar-refractivity contribution is 0.415. The fourth-order valence-corrected chi connectivity index (χ4v) is 2.88. The fourth-order valence-electron chi connectivity index (χ4n) is 2.14. The molecule has 0 unspecified atom stereocenters. The van der Waals surface area contributed by atoms with Gasteiger partial charge in [-0.25, -0.2) is 4.68 Å². The number of nitrogens with two attached hydrogens (primary N) is 1. The Balaban J connectivity index is 1.87. The Morgan fingerprint density at radius 3 is 2.59 bits per heavy atom. The highest BCUT2D eigenvalue weighted by Crippen LogP contribution is 2.31. The largest absolute Gasteiger partial charge is 0.497 e. The molecule has 1 aliphatic rings. The zero-order valence-electron chi connectivity index (χ0n) is 12.8. The number of nitrogens with one attached hydrogen (secondary N) is 1. The molecular formula is C15H19N5OS. The first-order valence-corrected chi connectivity index (χ1v) is 7.97. The van der Waals surface area contributed by atoms with Gasteiger partial charge >= 0.3 is 0 Å². The number of thioether (sulfide) groups is 1. The van der Waals surface area contributed by atoms with Gasteiger partial charge in [-0.1, -0.05) is 25.6 Å². The molecule has 1 aliphatic heterocycles. The van der Waals surface area contributed by atoms with Gasteiger partial charge in [0.25, 0.3) is 0 Å². The molecule has 7 heteroatoms. The van der Waals surface area contributed by atoms with Crippen LogP contribution in [0, 0.1) is 5.92 Å². The molecule has 0 saturated carbocycles. The molecule has 2 heterocycles. The zero-order valence-corrected chi connectivity index (χ0v) is 13.6. The first-order valence-electron chi connectivity index (χ1n) is 7.09. The van der Waals surface area contributed by atoms with Crippen LogP contribution in [-0.2, 0) is 0 Å². The third-order valence-corrected chi connectivity index (χ3v) is 4.42. The molecule has 116 valence electrons. The molecule has 2 aromatic rings. The molecule has 0 amide bonds. The molecule has 1 aromatic carbocycles. The molecule has 0 saturated heterocycles. The molecule has 3 N–H and O–H groups in total. The van der Waals surface area contributed by atoms with Crippen LogP contribution in [0.2, 0.25) is 0 Å². The third kappa shape index (κ3) is 2.69. The summed E-state index contributed by atoms with van der Waals surface area (Å²) in [4.78, 5) is 0. The van der Waals surface area contributed by atoms with Crippen LogP contribution in [0.4, 0.5) is 0 Å². The van der Waals surface area contributed by atoms with E-state index < -0.39 is 0 Å². The van der Waals surface area contributed by atoms with Crippen molar-refractivity contribution < 1.29 is 4.74 Å². The summed E-state index contributed by atoms with van der Waals surface area (Å²) in [5, 5.41) is 11.2. The van der Waals surface area contributed by atoms with E-state index in [1.807, 2.05) is 34.3 Å². The number of hydrogen-bond donors (Lipinski definition) is 2. The van der Waals surface area contributed by atoms with Crippen molar-refractivity contribution in [3.63, 3.8) is 0 Å². The first-order chi connectivity index (χ1) is 10.6. The maximum absolute atomic E-state index is 6.22. The second-order valence-corrected chi connectivity index (χ2v) is 6.27. The zero-order chi connectivity index (χ0) is 15.7. The van der Waals surface area contributed by atoms with E-state index in [9.17, 15) is 0 Å². The second kappa shape index (κ2) is 6.02. The quantitative estimate of drug-likeness (QED) is 0.902. The van der Waals surface area contributed by atoms with Gasteiger partial charge < -0.3 is 10.5 Å². The lowest BCUT2D eigenvalue weighted by Crippen LogP contribution is -2.27. The number of fused-ring (bicyclic) bond motifs is 1. The highest BCUT2D eigenvalue weighted by molar-refractivity contribution is 8.02. The molecule has 0 bridgehead atoms. The minimum absolute atomic E-state index is 0.162. The summed E-state index contributed by atoms with van der Waals surface area (Å²) in [6.45, 7) is 4.14. The smallest absolute Gasteiger partial charge is 0.214 e. The van der Waals surface area contributed by atoms with Crippen molar-refractivity contribution in [3.05, 3.63) is 41.1 Å². The van der Waals surface area contributed by atoms with Crippen LogP contribution in [0.5, 0.6) is 5.75 Å². The second-order valence-electron chi connectivity index (χ2n) is 5.44. The van der Waals surface area contributed by atoms with Gasteiger partial charge in [-0.05, 0) is 30.2 Å². The average Bonchev–Trinajstić information content (AvgIpc) is 2.97. The van der Waals surface area contributed by atoms with Gasteiger partial charge in [0.1, 0.15) is 5.75 Å². The Hall–Kier alpha value is -1.99. The van der Waals surface area contributed by atoms with Gasteiger partial charge in [-0.15, -0.1) is 10.2 Å². The molecule has 6 nitrogen and oxygen atoms in total. The van der Waals surface area contributed by atoms with E-state index in [1.165, 1.54) is 11.8 Å². The fraction of sp³-hybridized carbons (Fsp3) is 0.333. The molecule has 1 atom stereocenters. The number of nitrogens with zero attached hydrogens (tertiary/aromatic N) is 3. The summed E-state index contributed by atoms with van der Waals surface area (Å²) in [6.07, 6.45) is 0. The van der Waals surface area contributed by atoms with Crippen LogP contribution in [0.25, 0.3) is 5.70 Å². The van der Waals surface area contributed by atoms with E-state index in [4.69, 9.17) is 10.5 Å². The highest BCUT2D eigenvalue weighted by atomic mass is 32.2. The predicted octanol–water partition coefficient (Wildman–Crippen LogP) is 2.59. The Labute approximate surface area is 133 Å². The molecule has 0 aliphatic carbocycles. The monoisotopic (exact) mass is 317 g/mol. The van der Waals surface area contributed by atoms with Gasteiger partial charge in [0.2, 0.25) is 5.16 Å². The van der Waals surface area contributed by atoms with Crippen LogP contribution in [0.15, 0.2) is 34.8 Å². The number of benzene rings is 1. The summed E-state index contributed by atoms with van der Waals surface area (Å²) in [6, 6.07) is 7.73. The number of hydrogen-bond acceptors (Lipinski definition) is 6. The highest BCUT2D eigenvalue weighted by Gasteiger charge is 2.24. The normalized spacial score (nSPS) is 15.0. The maximum atomic E-state index is 6.22. The molecule has 3 rings (SSSR count). The summed E-state index contributed by atoms with van der Waals surface area (Å²) in [7, 11) is 1.66. The van der Waals surface area contributed by atoms with Crippen molar-refractivity contribution in [2.75, 3.05) is 12.5 Å². The first kappa shape index (κ1) is 14.9. The SMILES string of the molecule is COc1ccc(C2=CSc3nnc([C@@H](N)C(C)C)n3N2)cc1. The summed E-state index contributed by atoms with van der Waals surface area (Å²) in [5.74, 6) is 1.87. The van der Waals surface area contributed by atoms with E-state index in [1.54, 1.807) is 7.11 Å². The average molecular weight is 317 g/mol. The number of methoxy groups -OCH3 is 1. The number of rotatable bonds is 4. The van der Waals surface area contributed by atoms with E-state index in [0.29, 0.717) is 0 Å². The lowest BCUT2D eigenvalue weighted by Gasteiger charge is -2.22. The number of aromatic nitrogens is 3. The lowest BCUT2D eigenvalue weighted by atomic mass is 10.1. The van der Waals surface area contributed by atoms with Crippen molar-refractivity contribution in [2.45, 2.75) is 25.0 Å². The van der Waals surface area contributed by atoms with Gasteiger partial charge in [0, 0.05) is 11.0 Å². The van der Waals surface area contributed by atoms with Crippen molar-refractivity contribution in [1.29, 1.82) is 0 Å². The van der Waals surface area contributed by atoms with Crippen LogP contribution in [0.1, 0.15) is 31.3 Å². The molecular weight excluding hydrogens is 298 g/mol. The van der Waals surface area contributed by atoms with Gasteiger partial charge in [-0.2, -0.15) is 0 Å². The van der Waals surface area contributed by atoms with Gasteiger partial charge in [0.15, 0.2) is 5.82 Å². The van der Waals surface area contributed by atoms with Crippen LogP contribution in [0.3, 0.4) is 0 Å². The van der Waals surface area contributed by atoms with E-state index in [2.05, 4.69) is 29.5 Å². The van der Waals surface area contributed by atoms with Crippen molar-refractivity contribution in [3.8, 4) is 5.75 Å². The standard InChI is InChI=1S/C15H19N5OS/c1-9(2)13(16)14-17-18-15-20(14)19-12(8-22-15)10-4-6-11(21-3)7-5-10/h4-9,13,19H,16H2,1-3H3/t13-/m0/s1. The third-order valence-electron chi connectivity index (χ3n) is 3.59. The molecule has 0 radical (unpaired) electrons. The van der Waals surface area contributed by atoms with E-state index in [-0.39, 0.29) is 12.0 Å². The van der Waals surface area contributed by atoms with Crippen LogP contribution < -0.4 is 15.9 Å². The number of ether oxygens (including phenoxy) is 1. The topological polar surface area (TPSA) is 78.0 Å². The van der Waals surface area contributed by atoms with Gasteiger partial charge in [0.05, 0.1) is 18.8 Å². The van der Waals surface area contributed by atoms with Crippen molar-refractivity contribution >= 4 is 17.5 Å². The maximum Gasteiger partial charge on any atom is 0.214 e. The molecule has 22 heavy (non-hydrogen) atoms.